The Bertz CT molecular complexity index is 1690. The number of amides is 3. The van der Waals surface area contributed by atoms with E-state index in [1.807, 2.05) is 43.3 Å². The zero-order chi connectivity index (χ0) is 36.1. The Morgan fingerprint density at radius 3 is 2.36 bits per heavy atom. The van der Waals surface area contributed by atoms with Crippen LogP contribution in [0, 0.1) is 5.92 Å². The molecule has 3 amide bonds. The van der Waals surface area contributed by atoms with Crippen molar-refractivity contribution in [1.82, 2.24) is 4.90 Å². The van der Waals surface area contributed by atoms with Gasteiger partial charge in [0.2, 0.25) is 14.3 Å². The second-order valence-corrected chi connectivity index (χ2v) is 17.3. The van der Waals surface area contributed by atoms with Crippen molar-refractivity contribution in [3.8, 4) is 0 Å². The molecule has 5 rings (SSSR count). The lowest BCUT2D eigenvalue weighted by Crippen LogP contribution is -2.45. The van der Waals surface area contributed by atoms with E-state index in [2.05, 4.69) is 5.32 Å². The number of aliphatic hydroxyl groups is 1. The Labute approximate surface area is 293 Å². The number of halogens is 1. The summed E-state index contributed by atoms with van der Waals surface area (Å²) in [7, 11) is -2.25. The molecule has 0 unspecified atom stereocenters. The highest BCUT2D eigenvalue weighted by Crippen LogP contribution is 2.60. The quantitative estimate of drug-likeness (QED) is 0.0939. The van der Waals surface area contributed by atoms with Crippen LogP contribution in [-0.2, 0) is 36.0 Å². The summed E-state index contributed by atoms with van der Waals surface area (Å²) in [5, 5.41) is 12.7. The van der Waals surface area contributed by atoms with Gasteiger partial charge in [-0.2, -0.15) is 0 Å². The molecule has 4 atom stereocenters. The van der Waals surface area contributed by atoms with Gasteiger partial charge >= 0.3 is 5.97 Å². The minimum Gasteiger partial charge on any atom is -0.469 e. The third-order valence-electron chi connectivity index (χ3n) is 9.81. The first-order chi connectivity index (χ1) is 23.9. The molecule has 2 aliphatic rings. The summed E-state index contributed by atoms with van der Waals surface area (Å²) in [6.45, 7) is 5.36. The highest BCUT2D eigenvalue weighted by atomic mass is 28.4. The maximum absolute atomic E-state index is 16.4. The molecule has 2 N–H and O–H groups in total. The lowest BCUT2D eigenvalue weighted by Gasteiger charge is -2.31. The molecule has 3 aromatic rings. The maximum Gasteiger partial charge on any atom is 0.305 e. The van der Waals surface area contributed by atoms with Crippen LogP contribution in [-0.4, -0.2) is 75.0 Å². The van der Waals surface area contributed by atoms with Gasteiger partial charge in [0.05, 0.1) is 31.9 Å². The summed E-state index contributed by atoms with van der Waals surface area (Å²) in [5.41, 5.74) is 0.532. The first kappa shape index (κ1) is 36.9. The van der Waals surface area contributed by atoms with Gasteiger partial charge in [0.25, 0.3) is 11.8 Å². The van der Waals surface area contributed by atoms with Crippen LogP contribution in [0.1, 0.15) is 54.1 Å². The first-order valence-corrected chi connectivity index (χ1v) is 20.0. The third kappa shape index (κ3) is 7.67. The van der Waals surface area contributed by atoms with Crippen LogP contribution in [0.4, 0.5) is 15.5 Å². The van der Waals surface area contributed by atoms with E-state index < -0.39 is 31.6 Å². The fraction of sp³-hybridized carbons (Fsp3) is 0.421. The van der Waals surface area contributed by atoms with E-state index >= 15 is 4.11 Å². The molecule has 1 saturated heterocycles. The number of benzene rings is 3. The molecular formula is C38H46FN3O7Si. The molecule has 10 nitrogen and oxygen atoms in total. The molecule has 12 heteroatoms. The summed E-state index contributed by atoms with van der Waals surface area (Å²) in [5.74, 6) is -1.99. The number of hydrogen-bond donors (Lipinski definition) is 2. The number of esters is 1. The number of carbonyl (C=O) groups is 4. The molecule has 50 heavy (non-hydrogen) atoms. The smallest absolute Gasteiger partial charge is 0.305 e. The van der Waals surface area contributed by atoms with Gasteiger partial charge in [0.1, 0.15) is 0 Å². The topological polar surface area (TPSA) is 125 Å². The molecule has 0 aromatic heterocycles. The Morgan fingerprint density at radius 2 is 1.72 bits per heavy atom. The summed E-state index contributed by atoms with van der Waals surface area (Å²) in [6, 6.07) is 23.4. The third-order valence-corrected chi connectivity index (χ3v) is 12.3. The second-order valence-electron chi connectivity index (χ2n) is 13.5. The van der Waals surface area contributed by atoms with Gasteiger partial charge in [0, 0.05) is 54.3 Å². The van der Waals surface area contributed by atoms with Crippen LogP contribution in [0.3, 0.4) is 0 Å². The predicted molar refractivity (Wildman–Crippen MR) is 191 cm³/mol. The van der Waals surface area contributed by atoms with Crippen molar-refractivity contribution < 1.29 is 37.9 Å². The molecule has 1 spiro atoms. The second kappa shape index (κ2) is 15.7. The SMILES string of the molecule is COC(=O)CCCCN1C(=O)[C@@]2(O[C@@H](CC(=O)N(CCO)Cc3ccccc3)[C@H]([Si](C)(C)F)[C@H]2C)c2cc(NC(=O)c3ccccc3)ccc21. The Kier molecular flexibility index (Phi) is 11.5. The number of aliphatic hydroxyl groups excluding tert-OH is 1. The van der Waals surface area contributed by atoms with Crippen molar-refractivity contribution in [3.63, 3.8) is 0 Å². The number of methoxy groups -OCH3 is 1. The monoisotopic (exact) mass is 703 g/mol. The standard InChI is InChI=1S/C38H46FN3O7Si/c1-26-35(50(3,4)39)32(24-33(44)41(21-22-43)25-27-13-7-5-8-14-27)49-38(26)30-23-29(40-36(46)28-15-9-6-10-16-28)18-19-31(30)42(37(38)47)20-12-11-17-34(45)48-2/h5-10,13-16,18-19,23,26,32,35,43H,11-12,17,20-22,24-25H2,1-4H3,(H,40,46)/t26-,32+,35-,38+/m1/s1. The number of hydrogen-bond acceptors (Lipinski definition) is 7. The zero-order valence-electron chi connectivity index (χ0n) is 29.1. The molecule has 266 valence electrons. The van der Waals surface area contributed by atoms with Crippen LogP contribution < -0.4 is 10.2 Å². The fourth-order valence-electron chi connectivity index (χ4n) is 7.50. The zero-order valence-corrected chi connectivity index (χ0v) is 30.1. The van der Waals surface area contributed by atoms with Crippen molar-refractivity contribution in [1.29, 1.82) is 0 Å². The molecule has 0 saturated carbocycles. The summed E-state index contributed by atoms with van der Waals surface area (Å²) >= 11 is 0. The van der Waals surface area contributed by atoms with Crippen LogP contribution in [0.15, 0.2) is 78.9 Å². The van der Waals surface area contributed by atoms with E-state index in [4.69, 9.17) is 9.47 Å². The number of anilines is 2. The normalized spacial score (nSPS) is 21.3. The van der Waals surface area contributed by atoms with E-state index in [0.29, 0.717) is 35.3 Å². The van der Waals surface area contributed by atoms with Gasteiger partial charge in [-0.05, 0) is 61.8 Å². The molecule has 0 radical (unpaired) electrons. The van der Waals surface area contributed by atoms with Crippen LogP contribution in [0.25, 0.3) is 0 Å². The average molecular weight is 704 g/mol. The van der Waals surface area contributed by atoms with Gasteiger partial charge in [-0.3, -0.25) is 19.2 Å². The molecule has 0 bridgehead atoms. The van der Waals surface area contributed by atoms with Gasteiger partial charge < -0.3 is 33.8 Å². The molecular weight excluding hydrogens is 658 g/mol. The van der Waals surface area contributed by atoms with Gasteiger partial charge in [-0.1, -0.05) is 55.5 Å². The summed E-state index contributed by atoms with van der Waals surface area (Å²) in [6.07, 6.45) is 0.110. The number of carbonyl (C=O) groups excluding carboxylic acids is 4. The largest absolute Gasteiger partial charge is 0.469 e. The summed E-state index contributed by atoms with van der Waals surface area (Å²) in [4.78, 5) is 56.6. The van der Waals surface area contributed by atoms with E-state index in [0.717, 1.165) is 5.56 Å². The molecule has 2 aliphatic heterocycles. The van der Waals surface area contributed by atoms with E-state index in [9.17, 15) is 24.3 Å². The Balaban J connectivity index is 1.50. The minimum absolute atomic E-state index is 0.0911. The average Bonchev–Trinajstić information content (AvgIpc) is 3.52. The lowest BCUT2D eigenvalue weighted by molar-refractivity contribution is -0.149. The predicted octanol–water partition coefficient (Wildman–Crippen LogP) is 5.82. The molecule has 3 aromatic carbocycles. The van der Waals surface area contributed by atoms with Crippen LogP contribution in [0.2, 0.25) is 18.6 Å². The van der Waals surface area contributed by atoms with Crippen molar-refractivity contribution in [2.45, 2.75) is 69.5 Å². The van der Waals surface area contributed by atoms with Gasteiger partial charge in [-0.25, -0.2) is 0 Å². The fourth-order valence-corrected chi connectivity index (χ4v) is 9.99. The number of nitrogens with zero attached hydrogens (tertiary/aromatic N) is 2. The van der Waals surface area contributed by atoms with Gasteiger partial charge in [0.15, 0.2) is 5.60 Å². The summed E-state index contributed by atoms with van der Waals surface area (Å²) < 4.78 is 28.0. The molecule has 2 heterocycles. The molecule has 1 fully saturated rings. The Morgan fingerprint density at radius 1 is 1.04 bits per heavy atom. The first-order valence-electron chi connectivity index (χ1n) is 17.1. The Hall–Kier alpha value is -4.39. The molecule has 0 aliphatic carbocycles. The maximum atomic E-state index is 16.4. The van der Waals surface area contributed by atoms with Gasteiger partial charge in [-0.15, -0.1) is 0 Å². The van der Waals surface area contributed by atoms with Crippen LogP contribution in [0.5, 0.6) is 0 Å². The van der Waals surface area contributed by atoms with E-state index in [-0.39, 0.29) is 62.8 Å². The van der Waals surface area contributed by atoms with Crippen molar-refractivity contribution in [2.24, 2.45) is 5.92 Å². The highest BCUT2D eigenvalue weighted by Gasteiger charge is 2.67. The van der Waals surface area contributed by atoms with Crippen molar-refractivity contribution in [2.75, 3.05) is 37.0 Å². The van der Waals surface area contributed by atoms with Crippen LogP contribution >= 0.6 is 0 Å². The number of fused-ring (bicyclic) bond motifs is 2. The minimum atomic E-state index is -3.58. The number of ether oxygens (including phenoxy) is 2. The number of nitrogens with one attached hydrogen (secondary N) is 1. The van der Waals surface area contributed by atoms with Crippen molar-refractivity contribution >= 4 is 43.5 Å². The lowest BCUT2D eigenvalue weighted by atomic mass is 9.82. The van der Waals surface area contributed by atoms with E-state index in [1.165, 1.54) is 12.0 Å². The van der Waals surface area contributed by atoms with E-state index in [1.54, 1.807) is 60.5 Å². The number of unbranched alkanes of at least 4 members (excludes halogenated alkanes) is 1. The number of rotatable bonds is 14. The van der Waals surface area contributed by atoms with Crippen molar-refractivity contribution in [3.05, 3.63) is 95.6 Å². The highest BCUT2D eigenvalue weighted by molar-refractivity contribution is 6.72.